The second-order valence-corrected chi connectivity index (χ2v) is 11.7. The van der Waals surface area contributed by atoms with Crippen LogP contribution in [0.2, 0.25) is 5.02 Å². The molecule has 1 fully saturated rings. The topological polar surface area (TPSA) is 79.5 Å². The first-order valence-corrected chi connectivity index (χ1v) is 13.8. The van der Waals surface area contributed by atoms with Crippen molar-refractivity contribution in [1.82, 2.24) is 4.98 Å². The number of benzene rings is 3. The van der Waals surface area contributed by atoms with Gasteiger partial charge in [-0.3, -0.25) is 14.4 Å². The Morgan fingerprint density at radius 1 is 0.973 bits per heavy atom. The third-order valence-corrected chi connectivity index (χ3v) is 9.29. The smallest absolute Gasteiger partial charge is 0.305 e. The summed E-state index contributed by atoms with van der Waals surface area (Å²) < 4.78 is 6.23. The Kier molecular flexibility index (Phi) is 6.18. The van der Waals surface area contributed by atoms with Crippen molar-refractivity contribution in [3.05, 3.63) is 109 Å². The number of aromatic nitrogens is 1. The molecule has 37 heavy (non-hydrogen) atoms. The zero-order valence-corrected chi connectivity index (χ0v) is 22.0. The number of carbonyl (C=O) groups excluding carboxylic acids is 2. The Morgan fingerprint density at radius 3 is 2.54 bits per heavy atom. The molecule has 1 saturated heterocycles. The summed E-state index contributed by atoms with van der Waals surface area (Å²) in [5, 5.41) is 0.602. The van der Waals surface area contributed by atoms with E-state index in [1.165, 1.54) is 16.7 Å². The van der Waals surface area contributed by atoms with E-state index in [0.717, 1.165) is 32.9 Å². The molecule has 0 spiro atoms. The largest absolute Gasteiger partial charge is 0.489 e. The molecule has 3 heterocycles. The summed E-state index contributed by atoms with van der Waals surface area (Å²) in [5.74, 6) is -1.13. The highest BCUT2D eigenvalue weighted by Gasteiger charge is 2.56. The van der Waals surface area contributed by atoms with Crippen molar-refractivity contribution in [1.29, 1.82) is 0 Å². The van der Waals surface area contributed by atoms with Crippen molar-refractivity contribution in [2.45, 2.75) is 29.7 Å². The minimum absolute atomic E-state index is 0.213. The summed E-state index contributed by atoms with van der Waals surface area (Å²) >= 11 is 8.49. The maximum Gasteiger partial charge on any atom is 0.305 e. The van der Waals surface area contributed by atoms with Crippen molar-refractivity contribution >= 4 is 52.2 Å². The normalized spacial score (nSPS) is 20.6. The number of fused-ring (bicyclic) bond motifs is 2. The van der Waals surface area contributed by atoms with Gasteiger partial charge in [0.1, 0.15) is 17.6 Å². The molecule has 2 aliphatic rings. The number of nitrogens with zero attached hydrogens (tertiary/aromatic N) is 1. The second-order valence-electron chi connectivity index (χ2n) is 9.05. The van der Waals surface area contributed by atoms with Crippen LogP contribution in [0.25, 0.3) is 0 Å². The first-order chi connectivity index (χ1) is 17.9. The molecule has 1 aromatic heterocycles. The number of imide groups is 1. The molecular formula is C28H21ClN2O4S2. The third-order valence-electron chi connectivity index (χ3n) is 6.65. The average Bonchev–Trinajstić information content (AvgIpc) is 3.38. The molecule has 0 saturated carbocycles. The van der Waals surface area contributed by atoms with Crippen LogP contribution in [0, 0.1) is 12.8 Å². The summed E-state index contributed by atoms with van der Waals surface area (Å²) in [7, 11) is 0. The van der Waals surface area contributed by atoms with Gasteiger partial charge in [-0.15, -0.1) is 0 Å². The summed E-state index contributed by atoms with van der Waals surface area (Å²) in [6, 6.07) is 22.3. The van der Waals surface area contributed by atoms with Crippen LogP contribution >= 0.6 is 34.7 Å². The highest BCUT2D eigenvalue weighted by Crippen LogP contribution is 2.54. The van der Waals surface area contributed by atoms with Crippen molar-refractivity contribution in [2.24, 2.45) is 5.92 Å². The number of aryl methyl sites for hydroxylation is 1. The van der Waals surface area contributed by atoms with Gasteiger partial charge in [0, 0.05) is 21.4 Å². The lowest BCUT2D eigenvalue weighted by atomic mass is 9.82. The zero-order valence-electron chi connectivity index (χ0n) is 19.6. The standard InChI is InChI=1S/C28H21ClN2O4S2/c1-15-9-11-18(12-10-15)31-26(32)22-21(23-25(30-28(34)37-23)36-24(22)27(31)33)19-7-2-3-8-20(19)35-14-16-5-4-6-17(29)13-16/h2-13,21-22,24H,14H2,1H3,(H,30,34)/t21-,22-,24+/m0/s1. The van der Waals surface area contributed by atoms with E-state index in [2.05, 4.69) is 4.98 Å². The van der Waals surface area contributed by atoms with Crippen LogP contribution in [0.1, 0.15) is 27.5 Å². The second kappa shape index (κ2) is 9.52. The first kappa shape index (κ1) is 24.0. The number of H-pyrrole nitrogens is 1. The Labute approximate surface area is 226 Å². The average molecular weight is 549 g/mol. The fourth-order valence-corrected chi connectivity index (χ4v) is 7.68. The number of ether oxygens (including phenoxy) is 1. The third kappa shape index (κ3) is 4.29. The van der Waals surface area contributed by atoms with Crippen LogP contribution < -0.4 is 14.5 Å². The highest BCUT2D eigenvalue weighted by molar-refractivity contribution is 8.00. The molecular weight excluding hydrogens is 528 g/mol. The van der Waals surface area contributed by atoms with Gasteiger partial charge in [0.25, 0.3) is 0 Å². The molecule has 3 aromatic carbocycles. The van der Waals surface area contributed by atoms with Gasteiger partial charge in [-0.1, -0.05) is 82.7 Å². The molecule has 3 atom stereocenters. The number of halogens is 1. The molecule has 9 heteroatoms. The monoisotopic (exact) mass is 548 g/mol. The van der Waals surface area contributed by atoms with E-state index in [0.29, 0.717) is 21.5 Å². The first-order valence-electron chi connectivity index (χ1n) is 11.7. The molecule has 186 valence electrons. The number of carbonyl (C=O) groups is 2. The Bertz CT molecular complexity index is 1580. The van der Waals surface area contributed by atoms with Gasteiger partial charge < -0.3 is 9.72 Å². The van der Waals surface area contributed by atoms with Gasteiger partial charge in [-0.05, 0) is 42.8 Å². The maximum absolute atomic E-state index is 13.9. The van der Waals surface area contributed by atoms with Crippen molar-refractivity contribution in [3.63, 3.8) is 0 Å². The van der Waals surface area contributed by atoms with Crippen molar-refractivity contribution < 1.29 is 14.3 Å². The van der Waals surface area contributed by atoms with Gasteiger partial charge in [-0.2, -0.15) is 0 Å². The summed E-state index contributed by atoms with van der Waals surface area (Å²) in [4.78, 5) is 44.6. The summed E-state index contributed by atoms with van der Waals surface area (Å²) in [6.45, 7) is 2.24. The highest BCUT2D eigenvalue weighted by atomic mass is 35.5. The maximum atomic E-state index is 13.9. The molecule has 0 unspecified atom stereocenters. The van der Waals surface area contributed by atoms with E-state index < -0.39 is 17.1 Å². The number of hydrogen-bond donors (Lipinski definition) is 1. The van der Waals surface area contributed by atoms with Crippen LogP contribution in [-0.2, 0) is 16.2 Å². The van der Waals surface area contributed by atoms with Gasteiger partial charge in [0.05, 0.1) is 16.6 Å². The molecule has 2 amide bonds. The van der Waals surface area contributed by atoms with Gasteiger partial charge in [0.2, 0.25) is 11.8 Å². The lowest BCUT2D eigenvalue weighted by molar-refractivity contribution is -0.122. The minimum Gasteiger partial charge on any atom is -0.489 e. The molecule has 2 aliphatic heterocycles. The number of thioether (sulfide) groups is 1. The van der Waals surface area contributed by atoms with E-state index >= 15 is 0 Å². The SMILES string of the molecule is Cc1ccc(N2C(=O)[C@H]3[C@H](c4ccccc4OCc4cccc(Cl)c4)c4sc(=O)[nH]c4S[C@H]3C2=O)cc1. The minimum atomic E-state index is -0.673. The van der Waals surface area contributed by atoms with Crippen LogP contribution in [0.3, 0.4) is 0 Å². The quantitative estimate of drug-likeness (QED) is 0.320. The Morgan fingerprint density at radius 2 is 1.76 bits per heavy atom. The van der Waals surface area contributed by atoms with E-state index in [-0.39, 0.29) is 23.3 Å². The van der Waals surface area contributed by atoms with Crippen molar-refractivity contribution in [3.8, 4) is 5.75 Å². The number of rotatable bonds is 5. The summed E-state index contributed by atoms with van der Waals surface area (Å²) in [6.07, 6.45) is 0. The fourth-order valence-electron chi connectivity index (χ4n) is 4.96. The fraction of sp³-hybridized carbons (Fsp3) is 0.179. The number of hydrogen-bond acceptors (Lipinski definition) is 6. The number of thiazole rings is 1. The lowest BCUT2D eigenvalue weighted by Crippen LogP contribution is -2.32. The molecule has 0 radical (unpaired) electrons. The van der Waals surface area contributed by atoms with E-state index in [9.17, 15) is 14.4 Å². The molecule has 1 N–H and O–H groups in total. The van der Waals surface area contributed by atoms with E-state index in [1.807, 2.05) is 61.5 Å². The van der Waals surface area contributed by atoms with Crippen LogP contribution in [0.4, 0.5) is 5.69 Å². The molecule has 6 nitrogen and oxygen atoms in total. The van der Waals surface area contributed by atoms with Gasteiger partial charge in [0.15, 0.2) is 0 Å². The predicted molar refractivity (Wildman–Crippen MR) is 146 cm³/mol. The molecule has 0 bridgehead atoms. The van der Waals surface area contributed by atoms with Gasteiger partial charge >= 0.3 is 4.87 Å². The van der Waals surface area contributed by atoms with Crippen LogP contribution in [0.15, 0.2) is 82.6 Å². The number of para-hydroxylation sites is 1. The van der Waals surface area contributed by atoms with E-state index in [4.69, 9.17) is 16.3 Å². The Hall–Kier alpha value is -3.33. The number of aromatic amines is 1. The molecule has 0 aliphatic carbocycles. The van der Waals surface area contributed by atoms with Crippen LogP contribution in [0.5, 0.6) is 5.75 Å². The van der Waals surface area contributed by atoms with Crippen molar-refractivity contribution in [2.75, 3.05) is 4.90 Å². The number of nitrogens with one attached hydrogen (secondary N) is 1. The van der Waals surface area contributed by atoms with Gasteiger partial charge in [-0.25, -0.2) is 4.90 Å². The Balaban J connectivity index is 1.42. The number of amides is 2. The zero-order chi connectivity index (χ0) is 25.7. The summed E-state index contributed by atoms with van der Waals surface area (Å²) in [5.41, 5.74) is 3.27. The number of anilines is 1. The molecule has 6 rings (SSSR count). The lowest BCUT2D eigenvalue weighted by Gasteiger charge is -2.30. The van der Waals surface area contributed by atoms with Crippen LogP contribution in [-0.4, -0.2) is 22.0 Å². The molecule has 4 aromatic rings. The predicted octanol–water partition coefficient (Wildman–Crippen LogP) is 5.77. The van der Waals surface area contributed by atoms with E-state index in [1.54, 1.807) is 18.2 Å².